The first-order valence-electron chi connectivity index (χ1n) is 9.89. The fraction of sp³-hybridized carbons (Fsp3) is 0.333. The van der Waals surface area contributed by atoms with Crippen LogP contribution >= 0.6 is 11.3 Å². The quantitative estimate of drug-likeness (QED) is 0.651. The van der Waals surface area contributed by atoms with Crippen molar-refractivity contribution in [1.82, 2.24) is 20.2 Å². The zero-order valence-electron chi connectivity index (χ0n) is 16.7. The molecule has 156 valence electrons. The number of aromatic nitrogens is 2. The molecular weight excluding hydrogens is 402 g/mol. The molecule has 4 rings (SSSR count). The number of nitrogens with one attached hydrogen (secondary N) is 1. The van der Waals surface area contributed by atoms with Crippen LogP contribution in [0.25, 0.3) is 10.3 Å². The molecular formula is C21H23N5O3S. The number of hydrogen-bond acceptors (Lipinski definition) is 7. The predicted molar refractivity (Wildman–Crippen MR) is 116 cm³/mol. The molecule has 1 aliphatic rings. The smallest absolute Gasteiger partial charge is 0.251 e. The minimum Gasteiger partial charge on any atom is -0.494 e. The first kappa shape index (κ1) is 20.1. The standard InChI is InChI=1S/C21H23N5O3S/c1-2-29-16-7-5-15(6-8-16)19(28)23-14-18(27)25-10-12-26(13-11-25)21-24-17-4-3-9-22-20(17)30-21/h3-9H,2,10-14H2,1H3,(H,23,28). The van der Waals surface area contributed by atoms with E-state index in [1.54, 1.807) is 46.7 Å². The van der Waals surface area contributed by atoms with Crippen molar-refractivity contribution in [2.45, 2.75) is 6.92 Å². The Bertz CT molecular complexity index is 996. The number of carbonyl (C=O) groups excluding carboxylic acids is 2. The minimum atomic E-state index is -0.271. The largest absolute Gasteiger partial charge is 0.494 e. The number of carbonyl (C=O) groups is 2. The molecule has 0 unspecified atom stereocenters. The van der Waals surface area contributed by atoms with Crippen LogP contribution in [-0.4, -0.2) is 66.0 Å². The summed E-state index contributed by atoms with van der Waals surface area (Å²) < 4.78 is 5.37. The van der Waals surface area contributed by atoms with Crippen molar-refractivity contribution >= 4 is 38.6 Å². The van der Waals surface area contributed by atoms with E-state index in [9.17, 15) is 9.59 Å². The maximum atomic E-state index is 12.5. The monoisotopic (exact) mass is 425 g/mol. The first-order chi connectivity index (χ1) is 14.6. The van der Waals surface area contributed by atoms with E-state index < -0.39 is 0 Å². The molecule has 0 spiro atoms. The summed E-state index contributed by atoms with van der Waals surface area (Å²) in [5, 5.41) is 3.64. The molecule has 1 aromatic carbocycles. The lowest BCUT2D eigenvalue weighted by Crippen LogP contribution is -2.51. The number of fused-ring (bicyclic) bond motifs is 1. The van der Waals surface area contributed by atoms with Crippen molar-refractivity contribution in [3.05, 3.63) is 48.2 Å². The highest BCUT2D eigenvalue weighted by atomic mass is 32.1. The van der Waals surface area contributed by atoms with Gasteiger partial charge in [0.25, 0.3) is 5.91 Å². The third kappa shape index (κ3) is 4.51. The zero-order valence-corrected chi connectivity index (χ0v) is 17.5. The Kier molecular flexibility index (Phi) is 6.08. The van der Waals surface area contributed by atoms with Gasteiger partial charge >= 0.3 is 0 Å². The van der Waals surface area contributed by atoms with Crippen molar-refractivity contribution in [3.63, 3.8) is 0 Å². The van der Waals surface area contributed by atoms with Crippen molar-refractivity contribution in [3.8, 4) is 5.75 Å². The van der Waals surface area contributed by atoms with Gasteiger partial charge in [-0.2, -0.15) is 0 Å². The summed E-state index contributed by atoms with van der Waals surface area (Å²) in [7, 11) is 0. The van der Waals surface area contributed by atoms with Crippen LogP contribution in [0.4, 0.5) is 5.13 Å². The lowest BCUT2D eigenvalue weighted by Gasteiger charge is -2.34. The van der Waals surface area contributed by atoms with E-state index in [1.165, 1.54) is 0 Å². The normalized spacial score (nSPS) is 14.0. The average molecular weight is 426 g/mol. The lowest BCUT2D eigenvalue weighted by molar-refractivity contribution is -0.130. The van der Waals surface area contributed by atoms with Crippen molar-refractivity contribution in [2.24, 2.45) is 0 Å². The fourth-order valence-electron chi connectivity index (χ4n) is 3.28. The zero-order chi connectivity index (χ0) is 20.9. The van der Waals surface area contributed by atoms with Gasteiger partial charge in [-0.1, -0.05) is 11.3 Å². The Labute approximate surface area is 178 Å². The Morgan fingerprint density at radius 2 is 1.90 bits per heavy atom. The van der Waals surface area contributed by atoms with Gasteiger partial charge < -0.3 is 19.9 Å². The highest BCUT2D eigenvalue weighted by molar-refractivity contribution is 7.21. The van der Waals surface area contributed by atoms with Crippen LogP contribution in [0.1, 0.15) is 17.3 Å². The van der Waals surface area contributed by atoms with Crippen LogP contribution in [-0.2, 0) is 4.79 Å². The second-order valence-electron chi connectivity index (χ2n) is 6.83. The minimum absolute atomic E-state index is 0.0168. The lowest BCUT2D eigenvalue weighted by atomic mass is 10.2. The maximum Gasteiger partial charge on any atom is 0.251 e. The van der Waals surface area contributed by atoms with E-state index in [0.29, 0.717) is 44.1 Å². The summed E-state index contributed by atoms with van der Waals surface area (Å²) >= 11 is 1.56. The number of benzene rings is 1. The Morgan fingerprint density at radius 1 is 1.13 bits per heavy atom. The van der Waals surface area contributed by atoms with Crippen LogP contribution in [0.2, 0.25) is 0 Å². The first-order valence-corrected chi connectivity index (χ1v) is 10.7. The van der Waals surface area contributed by atoms with E-state index in [1.807, 2.05) is 19.1 Å². The van der Waals surface area contributed by atoms with Crippen LogP contribution in [0, 0.1) is 0 Å². The van der Waals surface area contributed by atoms with Gasteiger partial charge in [0, 0.05) is 37.9 Å². The molecule has 3 heterocycles. The second-order valence-corrected chi connectivity index (χ2v) is 7.79. The highest BCUT2D eigenvalue weighted by Crippen LogP contribution is 2.27. The van der Waals surface area contributed by atoms with Crippen molar-refractivity contribution in [1.29, 1.82) is 0 Å². The molecule has 1 fully saturated rings. The van der Waals surface area contributed by atoms with Gasteiger partial charge in [-0.15, -0.1) is 0 Å². The van der Waals surface area contributed by atoms with Gasteiger partial charge in [0.2, 0.25) is 5.91 Å². The van der Waals surface area contributed by atoms with E-state index in [2.05, 4.69) is 20.2 Å². The second kappa shape index (κ2) is 9.08. The predicted octanol–water partition coefficient (Wildman–Crippen LogP) is 2.17. The van der Waals surface area contributed by atoms with E-state index in [-0.39, 0.29) is 18.4 Å². The molecule has 9 heteroatoms. The van der Waals surface area contributed by atoms with E-state index in [0.717, 1.165) is 15.5 Å². The number of thiazole rings is 1. The van der Waals surface area contributed by atoms with Crippen molar-refractivity contribution < 1.29 is 14.3 Å². The topological polar surface area (TPSA) is 87.7 Å². The molecule has 3 aromatic rings. The highest BCUT2D eigenvalue weighted by Gasteiger charge is 2.23. The maximum absolute atomic E-state index is 12.5. The molecule has 2 aromatic heterocycles. The molecule has 1 aliphatic heterocycles. The molecule has 0 aliphatic carbocycles. The Morgan fingerprint density at radius 3 is 2.60 bits per heavy atom. The molecule has 0 radical (unpaired) electrons. The summed E-state index contributed by atoms with van der Waals surface area (Å²) in [5.74, 6) is 0.360. The summed E-state index contributed by atoms with van der Waals surface area (Å²) in [6, 6.07) is 10.7. The Balaban J connectivity index is 1.26. The SMILES string of the molecule is CCOc1ccc(C(=O)NCC(=O)N2CCN(c3nc4cccnc4s3)CC2)cc1. The number of piperazine rings is 1. The number of hydrogen-bond donors (Lipinski definition) is 1. The van der Waals surface area contributed by atoms with Gasteiger partial charge in [0.05, 0.1) is 13.2 Å². The van der Waals surface area contributed by atoms with Crippen molar-refractivity contribution in [2.75, 3.05) is 44.2 Å². The molecule has 30 heavy (non-hydrogen) atoms. The van der Waals surface area contributed by atoms with Gasteiger partial charge in [0.15, 0.2) is 5.13 Å². The number of amides is 2. The summed E-state index contributed by atoms with van der Waals surface area (Å²) in [6.45, 7) is 5.07. The number of nitrogens with zero attached hydrogens (tertiary/aromatic N) is 4. The van der Waals surface area contributed by atoms with E-state index in [4.69, 9.17) is 4.74 Å². The van der Waals surface area contributed by atoms with Gasteiger partial charge in [-0.3, -0.25) is 9.59 Å². The third-order valence-electron chi connectivity index (χ3n) is 4.89. The van der Waals surface area contributed by atoms with Crippen LogP contribution in [0.15, 0.2) is 42.6 Å². The van der Waals surface area contributed by atoms with Gasteiger partial charge in [-0.25, -0.2) is 9.97 Å². The number of rotatable bonds is 6. The molecule has 0 saturated carbocycles. The van der Waals surface area contributed by atoms with E-state index >= 15 is 0 Å². The molecule has 8 nitrogen and oxygen atoms in total. The number of anilines is 1. The van der Waals surface area contributed by atoms with Crippen LogP contribution in [0.5, 0.6) is 5.75 Å². The molecule has 1 N–H and O–H groups in total. The molecule has 2 amide bonds. The summed E-state index contributed by atoms with van der Waals surface area (Å²) in [5.41, 5.74) is 1.40. The van der Waals surface area contributed by atoms with Gasteiger partial charge in [-0.05, 0) is 43.3 Å². The number of pyridine rings is 1. The van der Waals surface area contributed by atoms with Gasteiger partial charge in [0.1, 0.15) is 16.1 Å². The third-order valence-corrected chi connectivity index (χ3v) is 5.93. The summed E-state index contributed by atoms with van der Waals surface area (Å²) in [4.78, 5) is 38.6. The molecule has 0 bridgehead atoms. The van der Waals surface area contributed by atoms with Crippen LogP contribution < -0.4 is 15.0 Å². The number of ether oxygens (including phenoxy) is 1. The fourth-order valence-corrected chi connectivity index (χ4v) is 4.24. The molecule has 1 saturated heterocycles. The Hall–Kier alpha value is -3.20. The molecule has 0 atom stereocenters. The summed E-state index contributed by atoms with van der Waals surface area (Å²) in [6.07, 6.45) is 1.77. The average Bonchev–Trinajstić information content (AvgIpc) is 3.22. The van der Waals surface area contributed by atoms with Crippen LogP contribution in [0.3, 0.4) is 0 Å².